The van der Waals surface area contributed by atoms with Crippen molar-refractivity contribution in [3.8, 4) is 0 Å². The Labute approximate surface area is 111 Å². The second kappa shape index (κ2) is 6.63. The lowest BCUT2D eigenvalue weighted by Crippen LogP contribution is -2.20. The number of thiol groups is 1. The highest BCUT2D eigenvalue weighted by molar-refractivity contribution is 7.80. The van der Waals surface area contributed by atoms with Gasteiger partial charge in [0.05, 0.1) is 18.3 Å². The first-order valence-electron chi connectivity index (χ1n) is 5.54. The number of hydrogen-bond acceptors (Lipinski definition) is 6. The van der Waals surface area contributed by atoms with E-state index < -0.39 is 18.2 Å². The van der Waals surface area contributed by atoms with Crippen LogP contribution in [0.1, 0.15) is 28.9 Å². The Bertz CT molecular complexity index is 425. The molecule has 0 aliphatic rings. The summed E-state index contributed by atoms with van der Waals surface area (Å²) in [6.45, 7) is 1.93. The number of benzene rings is 1. The van der Waals surface area contributed by atoms with E-state index in [1.54, 1.807) is 13.0 Å². The number of ether oxygens (including phenoxy) is 1. The Morgan fingerprint density at radius 2 is 2.17 bits per heavy atom. The van der Waals surface area contributed by atoms with E-state index in [1.165, 1.54) is 12.1 Å². The van der Waals surface area contributed by atoms with Crippen LogP contribution in [0.2, 0.25) is 0 Å². The van der Waals surface area contributed by atoms with Crippen molar-refractivity contribution in [3.05, 3.63) is 29.3 Å². The zero-order chi connectivity index (χ0) is 13.7. The Morgan fingerprint density at radius 1 is 1.50 bits per heavy atom. The lowest BCUT2D eigenvalue weighted by molar-refractivity contribution is 0.0335. The van der Waals surface area contributed by atoms with Crippen LogP contribution in [-0.4, -0.2) is 34.6 Å². The lowest BCUT2D eigenvalue weighted by atomic mass is 10.0. The molecule has 2 atom stereocenters. The zero-order valence-corrected chi connectivity index (χ0v) is 10.9. The van der Waals surface area contributed by atoms with E-state index in [1.807, 2.05) is 0 Å². The van der Waals surface area contributed by atoms with Crippen LogP contribution in [0.25, 0.3) is 0 Å². The molecule has 4 N–H and O–H groups in total. The Balaban J connectivity index is 3.03. The van der Waals surface area contributed by atoms with Gasteiger partial charge in [-0.3, -0.25) is 0 Å². The SMILES string of the molecule is CCOC(=O)c1cc(C(O)C(O)CS)ccc1N. The number of nitrogen functional groups attached to an aromatic ring is 1. The third-order valence-corrected chi connectivity index (χ3v) is 2.84. The van der Waals surface area contributed by atoms with Gasteiger partial charge in [0, 0.05) is 11.4 Å². The molecule has 0 aromatic heterocycles. The van der Waals surface area contributed by atoms with Crippen LogP contribution in [0, 0.1) is 0 Å². The minimum atomic E-state index is -1.11. The maximum atomic E-state index is 11.6. The fourth-order valence-corrected chi connectivity index (χ4v) is 1.67. The smallest absolute Gasteiger partial charge is 0.340 e. The summed E-state index contributed by atoms with van der Waals surface area (Å²) in [6, 6.07) is 4.47. The van der Waals surface area contributed by atoms with Crippen LogP contribution >= 0.6 is 12.6 Å². The van der Waals surface area contributed by atoms with Crippen LogP contribution in [0.3, 0.4) is 0 Å². The molecule has 1 aromatic rings. The highest BCUT2D eigenvalue weighted by atomic mass is 32.1. The molecule has 0 heterocycles. The van der Waals surface area contributed by atoms with Gasteiger partial charge in [0.2, 0.25) is 0 Å². The number of aliphatic hydroxyl groups is 2. The zero-order valence-electron chi connectivity index (χ0n) is 10.0. The van der Waals surface area contributed by atoms with Crippen LogP contribution < -0.4 is 5.73 Å². The molecule has 100 valence electrons. The first kappa shape index (κ1) is 14.8. The average molecular weight is 271 g/mol. The molecule has 0 saturated carbocycles. The maximum Gasteiger partial charge on any atom is 0.340 e. The Kier molecular flexibility index (Phi) is 5.46. The predicted molar refractivity (Wildman–Crippen MR) is 71.6 cm³/mol. The number of esters is 1. The van der Waals surface area contributed by atoms with Crippen LogP contribution in [0.5, 0.6) is 0 Å². The molecule has 6 heteroatoms. The third-order valence-electron chi connectivity index (χ3n) is 2.47. The largest absolute Gasteiger partial charge is 0.462 e. The van der Waals surface area contributed by atoms with Crippen molar-refractivity contribution in [2.75, 3.05) is 18.1 Å². The third kappa shape index (κ3) is 3.38. The molecule has 0 amide bonds. The van der Waals surface area contributed by atoms with E-state index >= 15 is 0 Å². The molecular weight excluding hydrogens is 254 g/mol. The van der Waals surface area contributed by atoms with E-state index in [0.29, 0.717) is 5.56 Å². The fourth-order valence-electron chi connectivity index (χ4n) is 1.47. The van der Waals surface area contributed by atoms with E-state index in [4.69, 9.17) is 10.5 Å². The highest BCUT2D eigenvalue weighted by Gasteiger charge is 2.20. The van der Waals surface area contributed by atoms with Crippen LogP contribution in [0.4, 0.5) is 5.69 Å². The van der Waals surface area contributed by atoms with Gasteiger partial charge in [0.25, 0.3) is 0 Å². The molecule has 0 saturated heterocycles. The molecule has 5 nitrogen and oxygen atoms in total. The molecule has 0 bridgehead atoms. The summed E-state index contributed by atoms with van der Waals surface area (Å²) >= 11 is 3.90. The predicted octanol–water partition coefficient (Wildman–Crippen LogP) is 0.770. The Hall–Kier alpha value is -1.24. The number of anilines is 1. The summed E-state index contributed by atoms with van der Waals surface area (Å²) in [7, 11) is 0. The monoisotopic (exact) mass is 271 g/mol. The summed E-state index contributed by atoms with van der Waals surface area (Å²) in [6.07, 6.45) is -2.12. The summed E-state index contributed by atoms with van der Waals surface area (Å²) in [4.78, 5) is 11.6. The molecule has 0 fully saturated rings. The molecule has 18 heavy (non-hydrogen) atoms. The summed E-state index contributed by atoms with van der Waals surface area (Å²) in [5.74, 6) is -0.440. The second-order valence-electron chi connectivity index (χ2n) is 3.76. The molecule has 0 radical (unpaired) electrons. The first-order chi connectivity index (χ1) is 8.51. The number of hydrogen-bond donors (Lipinski definition) is 4. The van der Waals surface area contributed by atoms with E-state index in [0.717, 1.165) is 0 Å². The minimum Gasteiger partial charge on any atom is -0.462 e. The van der Waals surface area contributed by atoms with Crippen molar-refractivity contribution in [2.24, 2.45) is 0 Å². The number of carbonyl (C=O) groups is 1. The van der Waals surface area contributed by atoms with Gasteiger partial charge in [-0.1, -0.05) is 6.07 Å². The number of carbonyl (C=O) groups excluding carboxylic acids is 1. The van der Waals surface area contributed by atoms with Crippen LogP contribution in [-0.2, 0) is 4.74 Å². The van der Waals surface area contributed by atoms with Crippen molar-refractivity contribution < 1.29 is 19.7 Å². The molecule has 1 aromatic carbocycles. The first-order valence-corrected chi connectivity index (χ1v) is 6.18. The molecule has 0 spiro atoms. The number of aliphatic hydroxyl groups excluding tert-OH is 2. The summed E-state index contributed by atoms with van der Waals surface area (Å²) in [5.41, 5.74) is 6.52. The molecular formula is C12H17NO4S. The van der Waals surface area contributed by atoms with Gasteiger partial charge in [-0.05, 0) is 24.6 Å². The lowest BCUT2D eigenvalue weighted by Gasteiger charge is -2.17. The van der Waals surface area contributed by atoms with Crippen molar-refractivity contribution >= 4 is 24.3 Å². The maximum absolute atomic E-state index is 11.6. The van der Waals surface area contributed by atoms with Crippen molar-refractivity contribution in [1.29, 1.82) is 0 Å². The number of nitrogens with two attached hydrogens (primary N) is 1. The second-order valence-corrected chi connectivity index (χ2v) is 4.13. The fraction of sp³-hybridized carbons (Fsp3) is 0.417. The highest BCUT2D eigenvalue weighted by Crippen LogP contribution is 2.23. The van der Waals surface area contributed by atoms with Crippen LogP contribution in [0.15, 0.2) is 18.2 Å². The van der Waals surface area contributed by atoms with Gasteiger partial charge in [-0.25, -0.2) is 4.79 Å². The summed E-state index contributed by atoms with van der Waals surface area (Å²) < 4.78 is 4.85. The standard InChI is InChI=1S/C12H17NO4S/c1-2-17-12(16)8-5-7(3-4-9(8)13)11(15)10(14)6-18/h3-5,10-11,14-15,18H,2,6,13H2,1H3. The van der Waals surface area contributed by atoms with Gasteiger partial charge in [-0.2, -0.15) is 12.6 Å². The van der Waals surface area contributed by atoms with Gasteiger partial charge in [-0.15, -0.1) is 0 Å². The minimum absolute atomic E-state index is 0.111. The van der Waals surface area contributed by atoms with Gasteiger partial charge < -0.3 is 20.7 Å². The van der Waals surface area contributed by atoms with Crippen molar-refractivity contribution in [2.45, 2.75) is 19.1 Å². The van der Waals surface area contributed by atoms with Gasteiger partial charge >= 0.3 is 5.97 Å². The van der Waals surface area contributed by atoms with E-state index in [-0.39, 0.29) is 23.6 Å². The normalized spacial score (nSPS) is 14.0. The molecule has 0 aliphatic carbocycles. The number of rotatable bonds is 5. The van der Waals surface area contributed by atoms with Crippen molar-refractivity contribution in [1.82, 2.24) is 0 Å². The van der Waals surface area contributed by atoms with E-state index in [2.05, 4.69) is 12.6 Å². The van der Waals surface area contributed by atoms with Crippen molar-refractivity contribution in [3.63, 3.8) is 0 Å². The molecule has 1 rings (SSSR count). The Morgan fingerprint density at radius 3 is 2.72 bits per heavy atom. The average Bonchev–Trinajstić information content (AvgIpc) is 2.37. The van der Waals surface area contributed by atoms with Gasteiger partial charge in [0.15, 0.2) is 0 Å². The summed E-state index contributed by atoms with van der Waals surface area (Å²) in [5, 5.41) is 19.3. The molecule has 2 unspecified atom stereocenters. The molecule has 0 aliphatic heterocycles. The van der Waals surface area contributed by atoms with E-state index in [9.17, 15) is 15.0 Å². The quantitative estimate of drug-likeness (QED) is 0.360. The van der Waals surface area contributed by atoms with Gasteiger partial charge in [0.1, 0.15) is 6.10 Å². The topological polar surface area (TPSA) is 92.8 Å².